The number of halogens is 1. The van der Waals surface area contributed by atoms with E-state index in [1.165, 1.54) is 52.3 Å². The van der Waals surface area contributed by atoms with E-state index in [1.54, 1.807) is 0 Å². The fourth-order valence-electron chi connectivity index (χ4n) is 2.09. The SMILES string of the molecule is CCCCNc1nnc(SCC(=O)N(CCC#N)c2ccc(F)cc2)s1. The van der Waals surface area contributed by atoms with E-state index in [1.807, 2.05) is 6.07 Å². The maximum Gasteiger partial charge on any atom is 0.237 e. The van der Waals surface area contributed by atoms with E-state index in [-0.39, 0.29) is 30.4 Å². The zero-order valence-electron chi connectivity index (χ0n) is 14.4. The van der Waals surface area contributed by atoms with E-state index in [0.717, 1.165) is 24.5 Å². The van der Waals surface area contributed by atoms with Crippen LogP contribution in [0.1, 0.15) is 26.2 Å². The molecule has 0 saturated heterocycles. The number of hydrogen-bond acceptors (Lipinski definition) is 7. The lowest BCUT2D eigenvalue weighted by atomic mass is 10.2. The largest absolute Gasteiger partial charge is 0.360 e. The van der Waals surface area contributed by atoms with Crippen LogP contribution in [0.4, 0.5) is 15.2 Å². The molecule has 26 heavy (non-hydrogen) atoms. The van der Waals surface area contributed by atoms with Crippen molar-refractivity contribution < 1.29 is 9.18 Å². The van der Waals surface area contributed by atoms with Gasteiger partial charge in [0, 0.05) is 18.8 Å². The number of nitrogens with one attached hydrogen (secondary N) is 1. The molecule has 6 nitrogen and oxygen atoms in total. The van der Waals surface area contributed by atoms with Gasteiger partial charge >= 0.3 is 0 Å². The van der Waals surface area contributed by atoms with Gasteiger partial charge in [0.05, 0.1) is 18.2 Å². The molecule has 2 aromatic rings. The molecule has 0 aliphatic rings. The predicted molar refractivity (Wildman–Crippen MR) is 103 cm³/mol. The van der Waals surface area contributed by atoms with Gasteiger partial charge in [0.1, 0.15) is 5.82 Å². The first-order chi connectivity index (χ1) is 12.6. The quantitative estimate of drug-likeness (QED) is 0.486. The Hall–Kier alpha value is -2.18. The van der Waals surface area contributed by atoms with Crippen molar-refractivity contribution in [1.82, 2.24) is 10.2 Å². The summed E-state index contributed by atoms with van der Waals surface area (Å²) in [7, 11) is 0. The van der Waals surface area contributed by atoms with Gasteiger partial charge in [-0.1, -0.05) is 36.4 Å². The van der Waals surface area contributed by atoms with Crippen LogP contribution in [0.2, 0.25) is 0 Å². The standard InChI is InChI=1S/C17H20FN5OS2/c1-2-3-10-20-16-21-22-17(26-16)25-12-15(24)23(11-4-9-19)14-7-5-13(18)6-8-14/h5-8H,2-4,10-12H2,1H3,(H,20,21). The highest BCUT2D eigenvalue weighted by atomic mass is 32.2. The predicted octanol–water partition coefficient (Wildman–Crippen LogP) is 3.93. The highest BCUT2D eigenvalue weighted by Gasteiger charge is 2.17. The van der Waals surface area contributed by atoms with E-state index in [4.69, 9.17) is 5.26 Å². The molecule has 0 fully saturated rings. The first-order valence-electron chi connectivity index (χ1n) is 8.27. The summed E-state index contributed by atoms with van der Waals surface area (Å²) >= 11 is 2.71. The topological polar surface area (TPSA) is 81.9 Å². The van der Waals surface area contributed by atoms with Gasteiger partial charge in [-0.15, -0.1) is 10.2 Å². The third kappa shape index (κ3) is 6.28. The lowest BCUT2D eigenvalue weighted by Gasteiger charge is -2.21. The number of benzene rings is 1. The number of rotatable bonds is 10. The number of unbranched alkanes of at least 4 members (excludes halogenated alkanes) is 1. The summed E-state index contributed by atoms with van der Waals surface area (Å²) in [5.41, 5.74) is 0.575. The number of nitrogens with zero attached hydrogens (tertiary/aromatic N) is 4. The van der Waals surface area contributed by atoms with Crippen molar-refractivity contribution in [3.8, 4) is 6.07 Å². The molecule has 0 aliphatic heterocycles. The summed E-state index contributed by atoms with van der Waals surface area (Å²) in [6.45, 7) is 3.23. The molecule has 1 aromatic carbocycles. The molecule has 0 bridgehead atoms. The Bertz CT molecular complexity index is 744. The zero-order valence-corrected chi connectivity index (χ0v) is 16.1. The summed E-state index contributed by atoms with van der Waals surface area (Å²) in [5, 5.41) is 20.9. The first kappa shape index (κ1) is 20.1. The Labute approximate surface area is 160 Å². The highest BCUT2D eigenvalue weighted by Crippen LogP contribution is 2.26. The summed E-state index contributed by atoms with van der Waals surface area (Å²) in [6.07, 6.45) is 2.37. The first-order valence-corrected chi connectivity index (χ1v) is 10.1. The smallest absolute Gasteiger partial charge is 0.237 e. The van der Waals surface area contributed by atoms with E-state index in [0.29, 0.717) is 10.0 Å². The van der Waals surface area contributed by atoms with Gasteiger partial charge < -0.3 is 10.2 Å². The average Bonchev–Trinajstić information content (AvgIpc) is 3.10. The Morgan fingerprint density at radius 1 is 1.38 bits per heavy atom. The molecule has 0 spiro atoms. The second-order valence-corrected chi connectivity index (χ2v) is 7.57. The number of nitriles is 1. The molecule has 0 saturated carbocycles. The number of hydrogen-bond donors (Lipinski definition) is 1. The van der Waals surface area contributed by atoms with Crippen LogP contribution in [0.25, 0.3) is 0 Å². The van der Waals surface area contributed by atoms with Crippen LogP contribution >= 0.6 is 23.1 Å². The Morgan fingerprint density at radius 2 is 2.15 bits per heavy atom. The van der Waals surface area contributed by atoms with Gasteiger partial charge in [-0.25, -0.2) is 4.39 Å². The molecule has 1 amide bonds. The Kier molecular flexibility index (Phi) is 8.31. The van der Waals surface area contributed by atoms with Gasteiger partial charge in [-0.05, 0) is 30.7 Å². The normalized spacial score (nSPS) is 10.3. The molecule has 9 heteroatoms. The molecule has 2 rings (SSSR count). The lowest BCUT2D eigenvalue weighted by Crippen LogP contribution is -2.33. The zero-order chi connectivity index (χ0) is 18.8. The van der Waals surface area contributed by atoms with Gasteiger partial charge in [0.25, 0.3) is 0 Å². The van der Waals surface area contributed by atoms with E-state index in [9.17, 15) is 9.18 Å². The Balaban J connectivity index is 1.94. The molecular formula is C17H20FN5OS2. The van der Waals surface area contributed by atoms with Crippen molar-refractivity contribution in [2.75, 3.05) is 29.1 Å². The maximum atomic E-state index is 13.1. The number of carbonyl (C=O) groups is 1. The summed E-state index contributed by atoms with van der Waals surface area (Å²) in [5.74, 6) is -0.354. The summed E-state index contributed by atoms with van der Waals surface area (Å²) in [6, 6.07) is 7.71. The molecule has 138 valence electrons. The molecule has 0 aliphatic carbocycles. The summed E-state index contributed by atoms with van der Waals surface area (Å²) in [4.78, 5) is 14.1. The molecule has 0 unspecified atom stereocenters. The lowest BCUT2D eigenvalue weighted by molar-refractivity contribution is -0.116. The highest BCUT2D eigenvalue weighted by molar-refractivity contribution is 8.01. The third-order valence-corrected chi connectivity index (χ3v) is 5.42. The van der Waals surface area contributed by atoms with Gasteiger partial charge in [-0.3, -0.25) is 4.79 Å². The van der Waals surface area contributed by atoms with Crippen molar-refractivity contribution >= 4 is 39.8 Å². The monoisotopic (exact) mass is 393 g/mol. The number of aromatic nitrogens is 2. The molecule has 1 heterocycles. The molecule has 0 atom stereocenters. The van der Waals surface area contributed by atoms with E-state index in [2.05, 4.69) is 22.4 Å². The minimum absolute atomic E-state index is 0.160. The van der Waals surface area contributed by atoms with Crippen molar-refractivity contribution in [1.29, 1.82) is 5.26 Å². The third-order valence-electron chi connectivity index (χ3n) is 3.42. The van der Waals surface area contributed by atoms with Crippen LogP contribution in [0, 0.1) is 17.1 Å². The van der Waals surface area contributed by atoms with Crippen LogP contribution in [0.15, 0.2) is 28.6 Å². The number of carbonyl (C=O) groups excluding carboxylic acids is 1. The van der Waals surface area contributed by atoms with Crippen molar-refractivity contribution in [2.45, 2.75) is 30.5 Å². The number of anilines is 2. The van der Waals surface area contributed by atoms with Gasteiger partial charge in [0.2, 0.25) is 11.0 Å². The van der Waals surface area contributed by atoms with Gasteiger partial charge in [-0.2, -0.15) is 5.26 Å². The second-order valence-electron chi connectivity index (χ2n) is 5.37. The van der Waals surface area contributed by atoms with Crippen LogP contribution in [-0.2, 0) is 4.79 Å². The maximum absolute atomic E-state index is 13.1. The Morgan fingerprint density at radius 3 is 2.85 bits per heavy atom. The number of amides is 1. The summed E-state index contributed by atoms with van der Waals surface area (Å²) < 4.78 is 13.8. The van der Waals surface area contributed by atoms with E-state index < -0.39 is 0 Å². The van der Waals surface area contributed by atoms with Crippen LogP contribution in [-0.4, -0.2) is 34.9 Å². The minimum atomic E-state index is -0.368. The average molecular weight is 394 g/mol. The number of thioether (sulfide) groups is 1. The molecular weight excluding hydrogens is 373 g/mol. The second kappa shape index (κ2) is 10.7. The van der Waals surface area contributed by atoms with Crippen LogP contribution in [0.3, 0.4) is 0 Å². The fourth-order valence-corrected chi connectivity index (χ4v) is 3.75. The fraction of sp³-hybridized carbons (Fsp3) is 0.412. The van der Waals surface area contributed by atoms with Crippen LogP contribution < -0.4 is 10.2 Å². The minimum Gasteiger partial charge on any atom is -0.360 e. The van der Waals surface area contributed by atoms with E-state index >= 15 is 0 Å². The van der Waals surface area contributed by atoms with Crippen molar-refractivity contribution in [2.24, 2.45) is 0 Å². The van der Waals surface area contributed by atoms with Crippen LogP contribution in [0.5, 0.6) is 0 Å². The van der Waals surface area contributed by atoms with Crippen molar-refractivity contribution in [3.63, 3.8) is 0 Å². The molecule has 0 radical (unpaired) electrons. The van der Waals surface area contributed by atoms with Crippen molar-refractivity contribution in [3.05, 3.63) is 30.1 Å². The molecule has 1 aromatic heterocycles. The van der Waals surface area contributed by atoms with Gasteiger partial charge in [0.15, 0.2) is 4.34 Å². The molecule has 1 N–H and O–H groups in total.